The third-order valence-corrected chi connectivity index (χ3v) is 3.41. The van der Waals surface area contributed by atoms with Gasteiger partial charge in [-0.1, -0.05) is 6.07 Å². The third-order valence-electron chi connectivity index (χ3n) is 3.41. The van der Waals surface area contributed by atoms with E-state index in [4.69, 9.17) is 19.9 Å². The lowest BCUT2D eigenvalue weighted by Crippen LogP contribution is -2.38. The quantitative estimate of drug-likeness (QED) is 0.823. The molecule has 3 N–H and O–H groups in total. The predicted octanol–water partition coefficient (Wildman–Crippen LogP) is 0.742. The van der Waals surface area contributed by atoms with Crippen molar-refractivity contribution in [1.29, 1.82) is 0 Å². The molecule has 0 aliphatic carbocycles. The van der Waals surface area contributed by atoms with E-state index in [1.807, 2.05) is 18.2 Å². The molecule has 1 aromatic rings. The van der Waals surface area contributed by atoms with E-state index in [1.54, 1.807) is 0 Å². The number of rotatable bonds is 2. The molecule has 0 bridgehead atoms. The van der Waals surface area contributed by atoms with Gasteiger partial charge in [-0.25, -0.2) is 4.79 Å². The summed E-state index contributed by atoms with van der Waals surface area (Å²) in [7, 11) is 0. The summed E-state index contributed by atoms with van der Waals surface area (Å²) in [6, 6.07) is 5.54. The molecule has 2 heterocycles. The van der Waals surface area contributed by atoms with Crippen LogP contribution in [0, 0.1) is 0 Å². The Kier molecular flexibility index (Phi) is 2.94. The van der Waals surface area contributed by atoms with Gasteiger partial charge in [-0.3, -0.25) is 0 Å². The van der Waals surface area contributed by atoms with Crippen molar-refractivity contribution < 1.29 is 19.0 Å². The molecule has 6 heteroatoms. The van der Waals surface area contributed by atoms with Crippen molar-refractivity contribution in [1.82, 2.24) is 5.32 Å². The molecule has 1 fully saturated rings. The fraction of sp³-hybridized carbons (Fsp3) is 0.462. The van der Waals surface area contributed by atoms with Gasteiger partial charge in [0.1, 0.15) is 0 Å². The van der Waals surface area contributed by atoms with E-state index in [0.717, 1.165) is 12.0 Å². The van der Waals surface area contributed by atoms with E-state index in [9.17, 15) is 4.79 Å². The molecule has 0 radical (unpaired) electrons. The maximum atomic E-state index is 11.3. The second-order valence-corrected chi connectivity index (χ2v) is 4.65. The van der Waals surface area contributed by atoms with Gasteiger partial charge >= 0.3 is 6.09 Å². The van der Waals surface area contributed by atoms with Crippen LogP contribution in [-0.2, 0) is 10.3 Å². The highest BCUT2D eigenvalue weighted by Crippen LogP contribution is 2.36. The monoisotopic (exact) mass is 264 g/mol. The lowest BCUT2D eigenvalue weighted by Gasteiger charge is -2.25. The highest BCUT2D eigenvalue weighted by atomic mass is 16.6. The molecule has 2 aliphatic heterocycles. The van der Waals surface area contributed by atoms with Crippen LogP contribution in [0.5, 0.6) is 11.5 Å². The van der Waals surface area contributed by atoms with Gasteiger partial charge in [0.05, 0.1) is 19.8 Å². The van der Waals surface area contributed by atoms with Gasteiger partial charge in [0.2, 0.25) is 0 Å². The zero-order chi connectivity index (χ0) is 13.3. The number of nitrogens with two attached hydrogens (primary N) is 1. The van der Waals surface area contributed by atoms with Crippen LogP contribution in [0.25, 0.3) is 0 Å². The Labute approximate surface area is 110 Å². The average Bonchev–Trinajstić information content (AvgIpc) is 2.68. The van der Waals surface area contributed by atoms with Crippen molar-refractivity contribution in [2.45, 2.75) is 12.0 Å². The summed E-state index contributed by atoms with van der Waals surface area (Å²) in [5.74, 6) is 1.39. The maximum absolute atomic E-state index is 11.3. The number of cyclic esters (lactones) is 1. The minimum atomic E-state index is -0.818. The first-order chi connectivity index (χ1) is 9.23. The SMILES string of the molecule is NCC1(c2ccc3c(c2)OCCCO3)CNC(=O)O1. The lowest BCUT2D eigenvalue weighted by molar-refractivity contribution is 0.0614. The van der Waals surface area contributed by atoms with E-state index < -0.39 is 11.7 Å². The van der Waals surface area contributed by atoms with Crippen LogP contribution >= 0.6 is 0 Å². The van der Waals surface area contributed by atoms with Gasteiger partial charge in [-0.15, -0.1) is 0 Å². The molecule has 2 aliphatic rings. The summed E-state index contributed by atoms with van der Waals surface area (Å²) in [6.07, 6.45) is 0.403. The number of fused-ring (bicyclic) bond motifs is 1. The Morgan fingerprint density at radius 3 is 2.74 bits per heavy atom. The molecule has 102 valence electrons. The third kappa shape index (κ3) is 2.08. The molecule has 1 amide bonds. The minimum absolute atomic E-state index is 0.214. The van der Waals surface area contributed by atoms with Crippen molar-refractivity contribution in [2.24, 2.45) is 5.73 Å². The maximum Gasteiger partial charge on any atom is 0.408 e. The van der Waals surface area contributed by atoms with Crippen LogP contribution in [0.15, 0.2) is 18.2 Å². The van der Waals surface area contributed by atoms with Crippen LogP contribution in [0.2, 0.25) is 0 Å². The number of carbonyl (C=O) groups is 1. The topological polar surface area (TPSA) is 82.8 Å². The smallest absolute Gasteiger partial charge is 0.408 e. The van der Waals surface area contributed by atoms with Gasteiger partial charge < -0.3 is 25.3 Å². The Morgan fingerprint density at radius 2 is 2.05 bits per heavy atom. The summed E-state index contributed by atoms with van der Waals surface area (Å²) in [5, 5.41) is 2.64. The van der Waals surface area contributed by atoms with Gasteiger partial charge in [-0.05, 0) is 12.1 Å². The Morgan fingerprint density at radius 1 is 1.26 bits per heavy atom. The van der Waals surface area contributed by atoms with Crippen LogP contribution in [0.3, 0.4) is 0 Å². The van der Waals surface area contributed by atoms with Gasteiger partial charge in [0.15, 0.2) is 17.1 Å². The largest absolute Gasteiger partial charge is 0.490 e. The molecule has 0 spiro atoms. The fourth-order valence-electron chi connectivity index (χ4n) is 2.30. The first-order valence-electron chi connectivity index (χ1n) is 6.30. The minimum Gasteiger partial charge on any atom is -0.490 e. The van der Waals surface area contributed by atoms with Crippen LogP contribution in [0.1, 0.15) is 12.0 Å². The van der Waals surface area contributed by atoms with E-state index in [2.05, 4.69) is 5.32 Å². The van der Waals surface area contributed by atoms with Crippen molar-refractivity contribution in [2.75, 3.05) is 26.3 Å². The highest BCUT2D eigenvalue weighted by molar-refractivity contribution is 5.71. The fourth-order valence-corrected chi connectivity index (χ4v) is 2.30. The summed E-state index contributed by atoms with van der Waals surface area (Å²) in [4.78, 5) is 11.3. The summed E-state index contributed by atoms with van der Waals surface area (Å²) < 4.78 is 16.5. The molecular weight excluding hydrogens is 248 g/mol. The van der Waals surface area contributed by atoms with E-state index >= 15 is 0 Å². The van der Waals surface area contributed by atoms with Crippen molar-refractivity contribution in [3.05, 3.63) is 23.8 Å². The zero-order valence-corrected chi connectivity index (χ0v) is 10.5. The van der Waals surface area contributed by atoms with E-state index in [1.165, 1.54) is 0 Å². The summed E-state index contributed by atoms with van der Waals surface area (Å²) in [5.41, 5.74) is 5.78. The summed E-state index contributed by atoms with van der Waals surface area (Å²) in [6.45, 7) is 1.84. The first kappa shape index (κ1) is 12.1. The number of ether oxygens (including phenoxy) is 3. The number of nitrogens with one attached hydrogen (secondary N) is 1. The van der Waals surface area contributed by atoms with E-state index in [-0.39, 0.29) is 6.54 Å². The standard InChI is InChI=1S/C13H16N2O4/c14-7-13(8-15-12(16)19-13)9-2-3-10-11(6-9)18-5-1-4-17-10/h2-3,6H,1,4-5,7-8,14H2,(H,15,16). The predicted molar refractivity (Wildman–Crippen MR) is 67.3 cm³/mol. The van der Waals surface area contributed by atoms with Crippen LogP contribution < -0.4 is 20.5 Å². The molecule has 19 heavy (non-hydrogen) atoms. The zero-order valence-electron chi connectivity index (χ0n) is 10.5. The van der Waals surface area contributed by atoms with Gasteiger partial charge in [0.25, 0.3) is 0 Å². The van der Waals surface area contributed by atoms with E-state index in [0.29, 0.717) is 31.3 Å². The molecule has 1 atom stereocenters. The lowest BCUT2D eigenvalue weighted by atomic mass is 9.94. The van der Waals surface area contributed by atoms with Crippen molar-refractivity contribution >= 4 is 6.09 Å². The van der Waals surface area contributed by atoms with Crippen molar-refractivity contribution in [3.63, 3.8) is 0 Å². The molecule has 1 saturated heterocycles. The summed E-state index contributed by atoms with van der Waals surface area (Å²) >= 11 is 0. The molecule has 1 unspecified atom stereocenters. The number of alkyl carbamates (subject to hydrolysis) is 1. The van der Waals surface area contributed by atoms with Crippen LogP contribution in [-0.4, -0.2) is 32.4 Å². The second kappa shape index (κ2) is 4.62. The number of hydrogen-bond donors (Lipinski definition) is 2. The number of amides is 1. The highest BCUT2D eigenvalue weighted by Gasteiger charge is 2.41. The first-order valence-corrected chi connectivity index (χ1v) is 6.30. The Hall–Kier alpha value is -1.95. The van der Waals surface area contributed by atoms with Crippen molar-refractivity contribution in [3.8, 4) is 11.5 Å². The number of benzene rings is 1. The van der Waals surface area contributed by atoms with Crippen LogP contribution in [0.4, 0.5) is 4.79 Å². The Balaban J connectivity index is 1.96. The van der Waals surface area contributed by atoms with Gasteiger partial charge in [-0.2, -0.15) is 0 Å². The molecule has 3 rings (SSSR count). The molecule has 1 aromatic carbocycles. The molecule has 0 saturated carbocycles. The molecule has 6 nitrogen and oxygen atoms in total. The Bertz CT molecular complexity index is 505. The number of carbonyl (C=O) groups excluding carboxylic acids is 1. The normalized spacial score (nSPS) is 25.4. The second-order valence-electron chi connectivity index (χ2n) is 4.65. The molecule has 0 aromatic heterocycles. The molecular formula is C13H16N2O4. The number of hydrogen-bond acceptors (Lipinski definition) is 5. The van der Waals surface area contributed by atoms with Gasteiger partial charge in [0, 0.05) is 18.5 Å². The average molecular weight is 264 g/mol.